The highest BCUT2D eigenvalue weighted by molar-refractivity contribution is 7.17. The first-order valence-electron chi connectivity index (χ1n) is 32.2. The Morgan fingerprint density at radius 2 is 0.909 bits per heavy atom. The highest BCUT2D eigenvalue weighted by atomic mass is 35.5. The maximum absolute atomic E-state index is 9.72. The van der Waals surface area contributed by atoms with Crippen molar-refractivity contribution in [2.45, 2.75) is 52.4 Å². The normalized spacial score (nSPS) is 12.6. The molecule has 12 aromatic carbocycles. The van der Waals surface area contributed by atoms with E-state index in [1.54, 1.807) is 11.3 Å². The number of hydrogen-bond acceptors (Lipinski definition) is 5. The molecular formula is C82H66ClN3OS. The lowest BCUT2D eigenvalue weighted by molar-refractivity contribution is 0.590. The van der Waals surface area contributed by atoms with E-state index in [-0.39, 0.29) is 28.5 Å². The summed E-state index contributed by atoms with van der Waals surface area (Å²) in [5, 5.41) is 5.33. The van der Waals surface area contributed by atoms with E-state index in [2.05, 4.69) is 231 Å². The Labute approximate surface area is 532 Å². The first-order valence-corrected chi connectivity index (χ1v) is 31.0. The van der Waals surface area contributed by atoms with Crippen LogP contribution in [-0.2, 0) is 10.8 Å². The van der Waals surface area contributed by atoms with E-state index in [4.69, 9.17) is 17.4 Å². The van der Waals surface area contributed by atoms with E-state index < -0.39 is 18.1 Å². The van der Waals surface area contributed by atoms with Crippen LogP contribution in [0.25, 0.3) is 76.5 Å². The van der Waals surface area contributed by atoms with Crippen LogP contribution in [0.3, 0.4) is 0 Å². The number of hydrogen-bond donors (Lipinski definition) is 0. The Kier molecular flexibility index (Phi) is 13.2. The van der Waals surface area contributed by atoms with Gasteiger partial charge in [0.2, 0.25) is 0 Å². The summed E-state index contributed by atoms with van der Waals surface area (Å²) < 4.78 is 54.2. The van der Waals surface area contributed by atoms with Gasteiger partial charge in [0.1, 0.15) is 11.2 Å². The molecule has 88 heavy (non-hydrogen) atoms. The van der Waals surface area contributed by atoms with Gasteiger partial charge in [-0.15, -0.1) is 11.3 Å². The van der Waals surface area contributed by atoms with E-state index in [1.807, 2.05) is 84.9 Å². The Balaban J connectivity index is 1.11. The second-order valence-corrected chi connectivity index (χ2v) is 25.6. The van der Waals surface area contributed by atoms with Crippen molar-refractivity contribution in [2.24, 2.45) is 0 Å². The molecule has 0 atom stereocenters. The zero-order chi connectivity index (χ0) is 64.4. The van der Waals surface area contributed by atoms with Crippen molar-refractivity contribution in [3.05, 3.63) is 307 Å². The summed E-state index contributed by atoms with van der Waals surface area (Å²) in [6.45, 7) is 13.3. The van der Waals surface area contributed by atoms with Crippen LogP contribution >= 0.6 is 22.9 Å². The first kappa shape index (κ1) is 50.3. The third kappa shape index (κ3) is 10.7. The van der Waals surface area contributed by atoms with Crippen LogP contribution in [0.15, 0.2) is 295 Å². The van der Waals surface area contributed by atoms with Gasteiger partial charge in [-0.25, -0.2) is 0 Å². The van der Waals surface area contributed by atoms with Gasteiger partial charge in [0.05, 0.1) is 40.3 Å². The minimum Gasteiger partial charge on any atom is -0.456 e. The van der Waals surface area contributed by atoms with Gasteiger partial charge < -0.3 is 19.1 Å². The maximum Gasteiger partial charge on any atom is 0.135 e. The molecule has 14 aromatic rings. The molecule has 0 aliphatic heterocycles. The Morgan fingerprint density at radius 1 is 0.352 bits per heavy atom. The molecule has 0 saturated carbocycles. The van der Waals surface area contributed by atoms with Crippen molar-refractivity contribution in [1.29, 1.82) is 0 Å². The van der Waals surface area contributed by atoms with Crippen LogP contribution in [0.2, 0.25) is 5.02 Å². The number of nitrogens with zero attached hydrogens (tertiary/aromatic N) is 3. The molecule has 14 rings (SSSR count). The molecule has 0 bridgehead atoms. The third-order valence-corrected chi connectivity index (χ3v) is 17.9. The molecule has 6 heteroatoms. The molecule has 2 heterocycles. The number of anilines is 9. The monoisotopic (exact) mass is 1180 g/mol. The van der Waals surface area contributed by atoms with Crippen LogP contribution in [0.5, 0.6) is 0 Å². The van der Waals surface area contributed by atoms with Gasteiger partial charge in [0.25, 0.3) is 0 Å². The van der Waals surface area contributed by atoms with Crippen LogP contribution in [0.4, 0.5) is 51.2 Å². The molecular weight excluding hydrogens is 1110 g/mol. The van der Waals surface area contributed by atoms with E-state index in [1.165, 1.54) is 5.56 Å². The van der Waals surface area contributed by atoms with Crippen molar-refractivity contribution < 1.29 is 11.3 Å². The summed E-state index contributed by atoms with van der Waals surface area (Å²) in [5.41, 5.74) is 16.8. The lowest BCUT2D eigenvalue weighted by atomic mass is 9.86. The maximum atomic E-state index is 9.72. The molecule has 0 radical (unpaired) electrons. The number of para-hydroxylation sites is 2. The van der Waals surface area contributed by atoms with Crippen molar-refractivity contribution >= 4 is 106 Å². The number of fused-ring (bicyclic) bond motifs is 4. The molecule has 428 valence electrons. The van der Waals surface area contributed by atoms with Crippen molar-refractivity contribution in [3.8, 4) is 44.5 Å². The number of benzene rings is 12. The Morgan fingerprint density at radius 3 is 1.60 bits per heavy atom. The predicted molar refractivity (Wildman–Crippen MR) is 377 cm³/mol. The fourth-order valence-electron chi connectivity index (χ4n) is 12.0. The molecule has 2 aromatic heterocycles. The van der Waals surface area contributed by atoms with Crippen molar-refractivity contribution in [2.75, 3.05) is 14.7 Å². The quantitative estimate of drug-likeness (QED) is 0.115. The lowest BCUT2D eigenvalue weighted by Crippen LogP contribution is -2.17. The number of rotatable bonds is 13. The van der Waals surface area contributed by atoms with E-state index in [9.17, 15) is 5.48 Å². The minimum atomic E-state index is -0.485. The Bertz CT molecular complexity index is 5130. The van der Waals surface area contributed by atoms with Gasteiger partial charge in [0.15, 0.2) is 0 Å². The molecule has 0 aliphatic rings. The average Bonchev–Trinajstić information content (AvgIpc) is 1.58. The van der Waals surface area contributed by atoms with Crippen molar-refractivity contribution in [1.82, 2.24) is 0 Å². The molecule has 0 unspecified atom stereocenters. The smallest absolute Gasteiger partial charge is 0.135 e. The summed E-state index contributed by atoms with van der Waals surface area (Å²) in [6, 6.07) is 86.1. The third-order valence-electron chi connectivity index (χ3n) is 16.6. The summed E-state index contributed by atoms with van der Waals surface area (Å²) in [6.07, 6.45) is 0. The zero-order valence-electron chi connectivity index (χ0n) is 54.9. The predicted octanol–water partition coefficient (Wildman–Crippen LogP) is 25.1. The topological polar surface area (TPSA) is 22.9 Å². The average molecular weight is 1180 g/mol. The van der Waals surface area contributed by atoms with Gasteiger partial charge in [-0.2, -0.15) is 0 Å². The SMILES string of the molecule is [2H]c1c([2H])c([2H])c(-c2cc(N(c3cccc(N(c4ccc(C(C)(C)C)cc4)c4ccccc4-c4ccccc4)c3)c3ccc(-c4ccccc4)cc3-c3ccccc3)c(Cl)c(N(c3ccc4oc5ccccc5c4c3)c3csc4ccc(C(C)(C)C)cc34)c2)c([2H])c1[2H]. The van der Waals surface area contributed by atoms with Gasteiger partial charge in [-0.05, 0) is 152 Å². The van der Waals surface area contributed by atoms with Crippen LogP contribution < -0.4 is 14.7 Å². The van der Waals surface area contributed by atoms with Crippen molar-refractivity contribution in [3.63, 3.8) is 0 Å². The second kappa shape index (κ2) is 23.1. The lowest BCUT2D eigenvalue weighted by Gasteiger charge is -2.34. The summed E-state index contributed by atoms with van der Waals surface area (Å²) in [7, 11) is 0. The molecule has 0 saturated heterocycles. The largest absolute Gasteiger partial charge is 0.456 e. The molecule has 0 aliphatic carbocycles. The zero-order valence-corrected chi connectivity index (χ0v) is 51.4. The van der Waals surface area contributed by atoms with Gasteiger partial charge in [-0.3, -0.25) is 0 Å². The molecule has 0 spiro atoms. The first-order chi connectivity index (χ1) is 44.9. The van der Waals surface area contributed by atoms with Gasteiger partial charge in [0, 0.05) is 60.1 Å². The number of furan rings is 1. The highest BCUT2D eigenvalue weighted by Gasteiger charge is 2.30. The van der Waals surface area contributed by atoms with Crippen LogP contribution in [0.1, 0.15) is 59.5 Å². The fraction of sp³-hybridized carbons (Fsp3) is 0.0976. The van der Waals surface area contributed by atoms with E-state index in [0.29, 0.717) is 27.5 Å². The summed E-state index contributed by atoms with van der Waals surface area (Å²) in [5.74, 6) is 0. The summed E-state index contributed by atoms with van der Waals surface area (Å²) in [4.78, 5) is 6.67. The Hall–Kier alpha value is -9.91. The van der Waals surface area contributed by atoms with Crippen LogP contribution in [0, 0.1) is 0 Å². The fourth-order valence-corrected chi connectivity index (χ4v) is 13.2. The second-order valence-electron chi connectivity index (χ2n) is 24.4. The number of halogens is 1. The van der Waals surface area contributed by atoms with E-state index >= 15 is 0 Å². The summed E-state index contributed by atoms with van der Waals surface area (Å²) >= 11 is 10.2. The molecule has 4 nitrogen and oxygen atoms in total. The van der Waals surface area contributed by atoms with Crippen LogP contribution in [-0.4, -0.2) is 0 Å². The highest BCUT2D eigenvalue weighted by Crippen LogP contribution is 2.54. The molecule has 0 amide bonds. The molecule has 0 N–H and O–H groups in total. The van der Waals surface area contributed by atoms with E-state index in [0.717, 1.165) is 105 Å². The van der Waals surface area contributed by atoms with Gasteiger partial charge >= 0.3 is 0 Å². The number of thiophene rings is 1. The molecule has 0 fully saturated rings. The van der Waals surface area contributed by atoms with Gasteiger partial charge in [-0.1, -0.05) is 241 Å². The standard InChI is InChI=1S/C82H66ClN3OS/c1-81(2,3)61-39-42-63(43-40-61)84(72-36-21-19-34-67(72)57-28-15-9-16-29-57)64-32-23-33-65(52-64)85(73-45-38-59(55-24-11-7-12-25-55)48-69(73)58-30-17-10-18-31-58)74-49-60(56-26-13-8-14-27-56)50-75(80(74)83)86(76-54-88-79-47-41-62(51-71(76)79)82(4,5)6)66-44-46-78-70(53-66)68-35-20-22-37-77(68)87-78/h7-54H,1-6H3/i8D,13D,14D,26D,27D. The minimum absolute atomic E-state index is 0.0281.